The summed E-state index contributed by atoms with van der Waals surface area (Å²) in [6.45, 7) is 4.34. The van der Waals surface area contributed by atoms with Crippen molar-refractivity contribution in [2.24, 2.45) is 0 Å². The van der Waals surface area contributed by atoms with Crippen LogP contribution in [-0.4, -0.2) is 9.97 Å². The molecule has 124 valence electrons. The molecule has 0 saturated carbocycles. The van der Waals surface area contributed by atoms with Crippen LogP contribution in [0.15, 0.2) is 60.7 Å². The lowest BCUT2D eigenvalue weighted by atomic mass is 9.96. The fourth-order valence-corrected chi connectivity index (χ4v) is 3.58. The third-order valence-electron chi connectivity index (χ3n) is 4.74. The summed E-state index contributed by atoms with van der Waals surface area (Å²) in [6.07, 6.45) is 0.817. The van der Waals surface area contributed by atoms with Crippen LogP contribution in [0.2, 0.25) is 0 Å². The van der Waals surface area contributed by atoms with Gasteiger partial charge in [0.15, 0.2) is 0 Å². The summed E-state index contributed by atoms with van der Waals surface area (Å²) >= 11 is 2.33. The molecule has 0 spiro atoms. The molecular formula is C22H19IN2. The maximum absolute atomic E-state index is 4.92. The fraction of sp³-hybridized carbons (Fsp3) is 0.136. The number of H-pyrrole nitrogens is 1. The van der Waals surface area contributed by atoms with Gasteiger partial charge in [-0.05, 0) is 76.9 Å². The number of rotatable bonds is 3. The van der Waals surface area contributed by atoms with Crippen molar-refractivity contribution in [2.75, 3.05) is 0 Å². The van der Waals surface area contributed by atoms with Gasteiger partial charge in [0.25, 0.3) is 0 Å². The van der Waals surface area contributed by atoms with Crippen molar-refractivity contribution in [2.45, 2.75) is 20.3 Å². The minimum Gasteiger partial charge on any atom is -0.342 e. The quantitative estimate of drug-likeness (QED) is 0.388. The molecule has 2 nitrogen and oxygen atoms in total. The van der Waals surface area contributed by atoms with Gasteiger partial charge in [-0.3, -0.25) is 0 Å². The Hall–Kier alpha value is -2.14. The van der Waals surface area contributed by atoms with E-state index in [9.17, 15) is 0 Å². The summed E-state index contributed by atoms with van der Waals surface area (Å²) < 4.78 is 1.25. The number of fused-ring (bicyclic) bond motifs is 1. The van der Waals surface area contributed by atoms with E-state index in [1.807, 2.05) is 0 Å². The average molecular weight is 438 g/mol. The van der Waals surface area contributed by atoms with Gasteiger partial charge in [-0.2, -0.15) is 0 Å². The molecule has 0 bridgehead atoms. The molecule has 0 atom stereocenters. The zero-order chi connectivity index (χ0) is 17.4. The summed E-state index contributed by atoms with van der Waals surface area (Å²) in [7, 11) is 0. The summed E-state index contributed by atoms with van der Waals surface area (Å²) in [4.78, 5) is 8.41. The highest BCUT2D eigenvalue weighted by atomic mass is 127. The molecule has 0 amide bonds. The molecule has 0 aliphatic carbocycles. The number of hydrogen-bond donors (Lipinski definition) is 1. The number of nitrogens with one attached hydrogen (secondary N) is 1. The maximum atomic E-state index is 4.92. The second-order valence-corrected chi connectivity index (χ2v) is 7.68. The molecule has 4 aromatic rings. The lowest BCUT2D eigenvalue weighted by Crippen LogP contribution is -1.91. The molecule has 0 fully saturated rings. The van der Waals surface area contributed by atoms with Gasteiger partial charge in [0.2, 0.25) is 0 Å². The van der Waals surface area contributed by atoms with Crippen LogP contribution >= 0.6 is 22.6 Å². The number of halogens is 1. The van der Waals surface area contributed by atoms with Crippen molar-refractivity contribution < 1.29 is 0 Å². The van der Waals surface area contributed by atoms with Gasteiger partial charge in [-0.25, -0.2) is 4.98 Å². The highest BCUT2D eigenvalue weighted by Crippen LogP contribution is 2.31. The van der Waals surface area contributed by atoms with Crippen LogP contribution in [0.5, 0.6) is 0 Å². The minimum absolute atomic E-state index is 0.817. The largest absolute Gasteiger partial charge is 0.342 e. The molecule has 25 heavy (non-hydrogen) atoms. The van der Waals surface area contributed by atoms with Crippen molar-refractivity contribution in [3.05, 3.63) is 86.7 Å². The zero-order valence-electron chi connectivity index (χ0n) is 14.3. The zero-order valence-corrected chi connectivity index (χ0v) is 16.5. The first kappa shape index (κ1) is 16.3. The molecule has 0 aliphatic heterocycles. The van der Waals surface area contributed by atoms with E-state index in [1.54, 1.807) is 0 Å². The van der Waals surface area contributed by atoms with E-state index >= 15 is 0 Å². The molecule has 1 aromatic heterocycles. The van der Waals surface area contributed by atoms with E-state index in [2.05, 4.69) is 102 Å². The lowest BCUT2D eigenvalue weighted by Gasteiger charge is -2.09. The van der Waals surface area contributed by atoms with Crippen LogP contribution in [0.25, 0.3) is 22.2 Å². The average Bonchev–Trinajstić information content (AvgIpc) is 3.02. The molecule has 1 N–H and O–H groups in total. The third kappa shape index (κ3) is 3.21. The predicted molar refractivity (Wildman–Crippen MR) is 113 cm³/mol. The van der Waals surface area contributed by atoms with Crippen molar-refractivity contribution in [3.63, 3.8) is 0 Å². The standard InChI is InChI=1S/C22H19IN2/c1-14-5-3-6-18(15(14)2)19-7-4-8-20-22(19)25-21(24-20)13-16-9-11-17(23)12-10-16/h3-12H,13H2,1-2H3,(H,24,25). The predicted octanol–water partition coefficient (Wildman–Crippen LogP) is 6.04. The van der Waals surface area contributed by atoms with E-state index in [0.29, 0.717) is 0 Å². The van der Waals surface area contributed by atoms with Gasteiger partial charge in [-0.1, -0.05) is 42.5 Å². The van der Waals surface area contributed by atoms with E-state index in [1.165, 1.54) is 31.4 Å². The summed E-state index contributed by atoms with van der Waals surface area (Å²) in [6, 6.07) is 21.5. The first-order valence-electron chi connectivity index (χ1n) is 8.40. The summed E-state index contributed by atoms with van der Waals surface area (Å²) in [5.74, 6) is 1.01. The molecule has 4 rings (SSSR count). The first-order chi connectivity index (χ1) is 12.1. The number of aromatic amines is 1. The second kappa shape index (κ2) is 6.64. The topological polar surface area (TPSA) is 28.7 Å². The Balaban J connectivity index is 1.78. The van der Waals surface area contributed by atoms with Crippen LogP contribution in [0, 0.1) is 17.4 Å². The van der Waals surface area contributed by atoms with Crippen LogP contribution in [-0.2, 0) is 6.42 Å². The Labute approximate surface area is 161 Å². The Morgan fingerprint density at radius 3 is 2.40 bits per heavy atom. The molecule has 1 heterocycles. The number of imidazole rings is 1. The Bertz CT molecular complexity index is 1050. The Morgan fingerprint density at radius 2 is 1.60 bits per heavy atom. The minimum atomic E-state index is 0.817. The monoisotopic (exact) mass is 438 g/mol. The highest BCUT2D eigenvalue weighted by molar-refractivity contribution is 14.1. The Kier molecular flexibility index (Phi) is 4.34. The van der Waals surface area contributed by atoms with E-state index in [4.69, 9.17) is 4.98 Å². The summed E-state index contributed by atoms with van der Waals surface area (Å²) in [5.41, 5.74) is 8.51. The Morgan fingerprint density at radius 1 is 0.880 bits per heavy atom. The molecule has 3 aromatic carbocycles. The highest BCUT2D eigenvalue weighted by Gasteiger charge is 2.12. The van der Waals surface area contributed by atoms with Gasteiger partial charge in [-0.15, -0.1) is 0 Å². The first-order valence-corrected chi connectivity index (χ1v) is 9.48. The molecule has 0 radical (unpaired) electrons. The van der Waals surface area contributed by atoms with E-state index in [0.717, 1.165) is 23.3 Å². The van der Waals surface area contributed by atoms with Crippen molar-refractivity contribution in [1.29, 1.82) is 0 Å². The normalized spacial score (nSPS) is 11.2. The number of aromatic nitrogens is 2. The molecule has 0 aliphatic rings. The second-order valence-electron chi connectivity index (χ2n) is 6.44. The maximum Gasteiger partial charge on any atom is 0.111 e. The third-order valence-corrected chi connectivity index (χ3v) is 5.46. The van der Waals surface area contributed by atoms with E-state index in [-0.39, 0.29) is 0 Å². The van der Waals surface area contributed by atoms with Gasteiger partial charge < -0.3 is 4.98 Å². The summed E-state index contributed by atoms with van der Waals surface area (Å²) in [5, 5.41) is 0. The molecular weight excluding hydrogens is 419 g/mol. The van der Waals surface area contributed by atoms with Crippen LogP contribution in [0.1, 0.15) is 22.5 Å². The van der Waals surface area contributed by atoms with Gasteiger partial charge in [0, 0.05) is 15.6 Å². The van der Waals surface area contributed by atoms with Crippen LogP contribution in [0.4, 0.5) is 0 Å². The van der Waals surface area contributed by atoms with Crippen molar-refractivity contribution in [3.8, 4) is 11.1 Å². The molecule has 0 unspecified atom stereocenters. The smallest absolute Gasteiger partial charge is 0.111 e. The van der Waals surface area contributed by atoms with Crippen molar-refractivity contribution >= 4 is 33.6 Å². The number of hydrogen-bond acceptors (Lipinski definition) is 1. The molecule has 3 heteroatoms. The number of aryl methyl sites for hydroxylation is 1. The lowest BCUT2D eigenvalue weighted by molar-refractivity contribution is 1.04. The number of benzene rings is 3. The van der Waals surface area contributed by atoms with E-state index < -0.39 is 0 Å². The van der Waals surface area contributed by atoms with Crippen LogP contribution < -0.4 is 0 Å². The number of para-hydroxylation sites is 1. The SMILES string of the molecule is Cc1cccc(-c2cccc3[nH]c(Cc4ccc(I)cc4)nc23)c1C. The fourth-order valence-electron chi connectivity index (χ4n) is 3.22. The van der Waals surface area contributed by atoms with Gasteiger partial charge in [0.1, 0.15) is 5.82 Å². The number of nitrogens with zero attached hydrogens (tertiary/aromatic N) is 1. The van der Waals surface area contributed by atoms with Gasteiger partial charge >= 0.3 is 0 Å². The van der Waals surface area contributed by atoms with Crippen LogP contribution in [0.3, 0.4) is 0 Å². The molecule has 0 saturated heterocycles. The van der Waals surface area contributed by atoms with Gasteiger partial charge in [0.05, 0.1) is 11.0 Å². The van der Waals surface area contributed by atoms with Crippen molar-refractivity contribution in [1.82, 2.24) is 9.97 Å².